The van der Waals surface area contributed by atoms with Gasteiger partial charge in [0.25, 0.3) is 0 Å². The maximum atomic E-state index is 13.8. The second-order valence-corrected chi connectivity index (χ2v) is 11.0. The van der Waals surface area contributed by atoms with Crippen molar-refractivity contribution in [2.75, 3.05) is 28.4 Å². The van der Waals surface area contributed by atoms with Gasteiger partial charge in [0.1, 0.15) is 29.0 Å². The van der Waals surface area contributed by atoms with Gasteiger partial charge in [-0.2, -0.15) is 0 Å². The van der Waals surface area contributed by atoms with Crippen LogP contribution in [0, 0.1) is 6.92 Å². The highest BCUT2D eigenvalue weighted by Crippen LogP contribution is 2.37. The van der Waals surface area contributed by atoms with Gasteiger partial charge in [-0.15, -0.1) is 10.2 Å². The predicted molar refractivity (Wildman–Crippen MR) is 143 cm³/mol. The van der Waals surface area contributed by atoms with E-state index in [1.165, 1.54) is 28.4 Å². The van der Waals surface area contributed by atoms with Crippen LogP contribution in [0.4, 0.5) is 0 Å². The molecule has 3 aromatic heterocycles. The zero-order chi connectivity index (χ0) is 28.2. The fraction of sp³-hybridized carbons (Fsp3) is 0.346. The van der Waals surface area contributed by atoms with Crippen molar-refractivity contribution in [3.63, 3.8) is 0 Å². The van der Waals surface area contributed by atoms with Gasteiger partial charge in [-0.05, 0) is 37.6 Å². The molecule has 0 radical (unpaired) electrons. The fourth-order valence-corrected chi connectivity index (χ4v) is 5.52. The Morgan fingerprint density at radius 3 is 2.18 bits per heavy atom. The van der Waals surface area contributed by atoms with E-state index >= 15 is 0 Å². The molecule has 3 heterocycles. The molecular formula is C26H30N6O6S. The first-order chi connectivity index (χ1) is 18.7. The molecule has 0 aliphatic heterocycles. The molecule has 1 aromatic carbocycles. The van der Waals surface area contributed by atoms with Gasteiger partial charge in [-0.25, -0.2) is 23.4 Å². The van der Waals surface area contributed by atoms with E-state index in [1.54, 1.807) is 60.4 Å². The molecule has 0 fully saturated rings. The minimum Gasteiger partial charge on any atom is -0.494 e. The number of para-hydroxylation sites is 1. The van der Waals surface area contributed by atoms with E-state index in [4.69, 9.17) is 18.9 Å². The van der Waals surface area contributed by atoms with Crippen LogP contribution in [0.3, 0.4) is 0 Å². The van der Waals surface area contributed by atoms with Crippen molar-refractivity contribution in [2.24, 2.45) is 0 Å². The highest BCUT2D eigenvalue weighted by Gasteiger charge is 2.35. The third-order valence-corrected chi connectivity index (χ3v) is 8.23. The molecule has 0 N–H and O–H groups in total. The summed E-state index contributed by atoms with van der Waals surface area (Å²) in [4.78, 5) is 12.7. The molecule has 0 aliphatic rings. The van der Waals surface area contributed by atoms with Gasteiger partial charge >= 0.3 is 0 Å². The summed E-state index contributed by atoms with van der Waals surface area (Å²) in [6, 6.07) is 8.65. The van der Waals surface area contributed by atoms with Gasteiger partial charge in [0.2, 0.25) is 5.88 Å². The Labute approximate surface area is 226 Å². The number of pyridine rings is 1. The zero-order valence-electron chi connectivity index (χ0n) is 22.5. The number of aryl methyl sites for hydroxylation is 1. The van der Waals surface area contributed by atoms with Crippen LogP contribution in [0.5, 0.6) is 17.4 Å². The van der Waals surface area contributed by atoms with Crippen molar-refractivity contribution in [1.29, 1.82) is 0 Å². The average molecular weight is 555 g/mol. The fourth-order valence-electron chi connectivity index (χ4n) is 4.10. The van der Waals surface area contributed by atoms with Crippen LogP contribution in [0.2, 0.25) is 0 Å². The third kappa shape index (κ3) is 5.68. The summed E-state index contributed by atoms with van der Waals surface area (Å²) in [5, 5.41) is 7.66. The van der Waals surface area contributed by atoms with Crippen molar-refractivity contribution in [1.82, 2.24) is 29.7 Å². The lowest BCUT2D eigenvalue weighted by Crippen LogP contribution is -2.30. The second-order valence-electron chi connectivity index (χ2n) is 8.66. The Balaban J connectivity index is 1.85. The quantitative estimate of drug-likeness (QED) is 0.270. The molecule has 0 aliphatic carbocycles. The Kier molecular flexibility index (Phi) is 8.41. The molecular weight excluding hydrogens is 524 g/mol. The number of methoxy groups -OCH3 is 4. The third-order valence-electron chi connectivity index (χ3n) is 6.19. The van der Waals surface area contributed by atoms with E-state index < -0.39 is 26.9 Å². The van der Waals surface area contributed by atoms with Crippen molar-refractivity contribution in [3.05, 3.63) is 66.1 Å². The first-order valence-corrected chi connectivity index (χ1v) is 13.6. The Hall–Kier alpha value is -4.10. The molecule has 39 heavy (non-hydrogen) atoms. The first kappa shape index (κ1) is 27.9. The van der Waals surface area contributed by atoms with E-state index in [1.807, 2.05) is 6.92 Å². The number of rotatable bonds is 11. The predicted octanol–water partition coefficient (Wildman–Crippen LogP) is 3.14. The summed E-state index contributed by atoms with van der Waals surface area (Å²) in [7, 11) is 2.08. The molecule has 2 atom stereocenters. The van der Waals surface area contributed by atoms with Gasteiger partial charge in [0.15, 0.2) is 27.3 Å². The van der Waals surface area contributed by atoms with Gasteiger partial charge in [0, 0.05) is 37.3 Å². The standard InChI is InChI=1S/C26H30N6O6S/c1-16-13-28-25(29-14-16)24(38-6)17(2)39(33,34)15-21-30-31-26(18-10-11-27-22(12-18)37-5)32(21)23-19(35-3)8-7-9-20(23)36-4/h7-14,17,24H,15H2,1-6H3/t17-,24-/m0/s1. The number of hydrogen-bond acceptors (Lipinski definition) is 11. The topological polar surface area (TPSA) is 140 Å². The summed E-state index contributed by atoms with van der Waals surface area (Å²) in [5.74, 6) is 1.54. The second kappa shape index (κ2) is 11.7. The van der Waals surface area contributed by atoms with Crippen LogP contribution >= 0.6 is 0 Å². The van der Waals surface area contributed by atoms with E-state index in [-0.39, 0.29) is 11.6 Å². The molecule has 4 rings (SSSR count). The summed E-state index contributed by atoms with van der Waals surface area (Å²) in [6.07, 6.45) is 3.91. The number of benzene rings is 1. The number of ether oxygens (including phenoxy) is 4. The Morgan fingerprint density at radius 1 is 0.923 bits per heavy atom. The highest BCUT2D eigenvalue weighted by atomic mass is 32.2. The van der Waals surface area contributed by atoms with E-state index in [0.29, 0.717) is 34.5 Å². The number of aromatic nitrogens is 6. The van der Waals surface area contributed by atoms with Crippen LogP contribution in [0.25, 0.3) is 17.1 Å². The van der Waals surface area contributed by atoms with Gasteiger partial charge < -0.3 is 18.9 Å². The lowest BCUT2D eigenvalue weighted by molar-refractivity contribution is 0.0947. The van der Waals surface area contributed by atoms with Crippen molar-refractivity contribution in [2.45, 2.75) is 31.0 Å². The van der Waals surface area contributed by atoms with Crippen LogP contribution < -0.4 is 14.2 Å². The molecule has 206 valence electrons. The Morgan fingerprint density at radius 2 is 1.59 bits per heavy atom. The maximum absolute atomic E-state index is 13.8. The maximum Gasteiger partial charge on any atom is 0.213 e. The van der Waals surface area contributed by atoms with Crippen molar-refractivity contribution in [3.8, 4) is 34.5 Å². The zero-order valence-corrected chi connectivity index (χ0v) is 23.3. The largest absolute Gasteiger partial charge is 0.494 e. The van der Waals surface area contributed by atoms with Crippen LogP contribution in [0.15, 0.2) is 48.9 Å². The smallest absolute Gasteiger partial charge is 0.213 e. The van der Waals surface area contributed by atoms with Gasteiger partial charge in [-0.1, -0.05) is 6.07 Å². The molecule has 0 bridgehead atoms. The summed E-state index contributed by atoms with van der Waals surface area (Å²) in [6.45, 7) is 3.41. The minimum absolute atomic E-state index is 0.148. The van der Waals surface area contributed by atoms with Crippen LogP contribution in [-0.4, -0.2) is 71.8 Å². The molecule has 4 aromatic rings. The number of sulfone groups is 1. The van der Waals surface area contributed by atoms with Gasteiger partial charge in [-0.3, -0.25) is 4.57 Å². The molecule has 12 nitrogen and oxygen atoms in total. The number of hydrogen-bond donors (Lipinski definition) is 0. The molecule has 0 unspecified atom stereocenters. The molecule has 13 heteroatoms. The molecule has 0 saturated heterocycles. The summed E-state index contributed by atoms with van der Waals surface area (Å²) < 4.78 is 51.2. The summed E-state index contributed by atoms with van der Waals surface area (Å²) >= 11 is 0. The van der Waals surface area contributed by atoms with Crippen molar-refractivity contribution >= 4 is 9.84 Å². The monoisotopic (exact) mass is 554 g/mol. The Bertz CT molecular complexity index is 1520. The van der Waals surface area contributed by atoms with E-state index in [0.717, 1.165) is 5.56 Å². The highest BCUT2D eigenvalue weighted by molar-refractivity contribution is 7.91. The van der Waals surface area contributed by atoms with Crippen LogP contribution in [0.1, 0.15) is 30.2 Å². The summed E-state index contributed by atoms with van der Waals surface area (Å²) in [5.41, 5.74) is 1.89. The SMILES string of the molecule is COc1cc(-c2nnc(CS(=O)(=O)[C@@H](C)[C@H](OC)c3ncc(C)cn3)n2-c2c(OC)cccc2OC)ccn1. The van der Waals surface area contributed by atoms with Crippen molar-refractivity contribution < 1.29 is 27.4 Å². The molecule has 0 saturated carbocycles. The van der Waals surface area contributed by atoms with E-state index in [2.05, 4.69) is 25.1 Å². The molecule has 0 spiro atoms. The molecule has 0 amide bonds. The van der Waals surface area contributed by atoms with Crippen LogP contribution in [-0.2, 0) is 20.3 Å². The average Bonchev–Trinajstić information content (AvgIpc) is 3.35. The number of nitrogens with zero attached hydrogens (tertiary/aromatic N) is 6. The normalized spacial score (nSPS) is 13.1. The lowest BCUT2D eigenvalue weighted by atomic mass is 10.2. The van der Waals surface area contributed by atoms with Gasteiger partial charge in [0.05, 0.1) is 26.6 Å². The van der Waals surface area contributed by atoms with E-state index in [9.17, 15) is 8.42 Å². The first-order valence-electron chi connectivity index (χ1n) is 11.9. The lowest BCUT2D eigenvalue weighted by Gasteiger charge is -2.22. The minimum atomic E-state index is -3.88.